The van der Waals surface area contributed by atoms with Crippen molar-refractivity contribution in [2.75, 3.05) is 0 Å². The maximum Gasteiger partial charge on any atom is 0.0538 e. The smallest absolute Gasteiger partial charge is 0.0538 e. The molecule has 6 rings (SSSR count). The van der Waals surface area contributed by atoms with Crippen LogP contribution < -0.4 is 0 Å². The highest BCUT2D eigenvalue weighted by atomic mass is 15.0. The largest absolute Gasteiger partial charge is 0.312 e. The molecule has 0 saturated carbocycles. The third-order valence-corrected chi connectivity index (χ3v) is 7.86. The third-order valence-electron chi connectivity index (χ3n) is 7.86. The number of allylic oxidation sites excluding steroid dienone is 4. The Labute approximate surface area is 220 Å². The van der Waals surface area contributed by atoms with E-state index in [1.165, 1.54) is 60.9 Å². The lowest BCUT2D eigenvalue weighted by atomic mass is 9.83. The zero-order valence-electron chi connectivity index (χ0n) is 22.1. The molecule has 0 aliphatic heterocycles. The van der Waals surface area contributed by atoms with Gasteiger partial charge in [0.2, 0.25) is 0 Å². The summed E-state index contributed by atoms with van der Waals surface area (Å²) in [5.41, 5.74) is 10.3. The van der Waals surface area contributed by atoms with Crippen LogP contribution in [0.2, 0.25) is 0 Å². The molecule has 0 spiro atoms. The van der Waals surface area contributed by atoms with E-state index in [4.69, 9.17) is 0 Å². The first-order valence-corrected chi connectivity index (χ1v) is 13.3. The Morgan fingerprint density at radius 1 is 0.784 bits per heavy atom. The van der Waals surface area contributed by atoms with E-state index in [1.54, 1.807) is 0 Å². The van der Waals surface area contributed by atoms with E-state index in [0.717, 1.165) is 0 Å². The van der Waals surface area contributed by atoms with E-state index in [-0.39, 0.29) is 0 Å². The number of hydrogen-bond acceptors (Lipinski definition) is 0. The van der Waals surface area contributed by atoms with Crippen LogP contribution in [0.15, 0.2) is 103 Å². The summed E-state index contributed by atoms with van der Waals surface area (Å²) in [6.45, 7) is 8.72. The number of fused-ring (bicyclic) bond motifs is 4. The lowest BCUT2D eigenvalue weighted by molar-refractivity contribution is 0.612. The minimum Gasteiger partial charge on any atom is -0.312 e. The molecule has 0 saturated heterocycles. The first-order valence-electron chi connectivity index (χ1n) is 13.3. The van der Waals surface area contributed by atoms with Gasteiger partial charge in [-0.1, -0.05) is 98.0 Å². The molecule has 1 aliphatic carbocycles. The van der Waals surface area contributed by atoms with Crippen molar-refractivity contribution in [2.45, 2.75) is 33.6 Å². The number of nitrogens with zero attached hydrogens (tertiary/aromatic N) is 1. The standard InChI is InChI=1S/C36H33N/c1-5-10-27-22-28(18-16-24(27)3)29-19-21-35-33(23-29)32-20-17-25(4)30(11-6-2)36(32)37(35)34-15-9-13-26-12-7-8-14-31(26)34/h5-23,25,30H,1-4H3/b10-5-,11-6-. The monoisotopic (exact) mass is 479 g/mol. The third kappa shape index (κ3) is 3.86. The van der Waals surface area contributed by atoms with Gasteiger partial charge in [-0.25, -0.2) is 0 Å². The molecule has 0 radical (unpaired) electrons. The van der Waals surface area contributed by atoms with Gasteiger partial charge >= 0.3 is 0 Å². The Morgan fingerprint density at radius 2 is 1.57 bits per heavy atom. The number of hydrogen-bond donors (Lipinski definition) is 0. The van der Waals surface area contributed by atoms with Crippen molar-refractivity contribution >= 4 is 33.8 Å². The van der Waals surface area contributed by atoms with Gasteiger partial charge in [0, 0.05) is 27.9 Å². The second kappa shape index (κ2) is 9.41. The molecule has 1 nitrogen and oxygen atoms in total. The second-order valence-corrected chi connectivity index (χ2v) is 10.2. The van der Waals surface area contributed by atoms with Crippen molar-refractivity contribution in [2.24, 2.45) is 5.92 Å². The number of rotatable bonds is 4. The fraction of sp³-hybridized carbons (Fsp3) is 0.167. The molecular weight excluding hydrogens is 446 g/mol. The van der Waals surface area contributed by atoms with Gasteiger partial charge in [-0.2, -0.15) is 0 Å². The van der Waals surface area contributed by atoms with Crippen molar-refractivity contribution in [3.05, 3.63) is 126 Å². The quantitative estimate of drug-likeness (QED) is 0.226. The van der Waals surface area contributed by atoms with Crippen molar-refractivity contribution < 1.29 is 0 Å². The first kappa shape index (κ1) is 23.3. The van der Waals surface area contributed by atoms with Gasteiger partial charge in [-0.3, -0.25) is 0 Å². The Morgan fingerprint density at radius 3 is 2.41 bits per heavy atom. The van der Waals surface area contributed by atoms with E-state index in [1.807, 2.05) is 0 Å². The second-order valence-electron chi connectivity index (χ2n) is 10.2. The molecule has 2 unspecified atom stereocenters. The van der Waals surface area contributed by atoms with E-state index >= 15 is 0 Å². The van der Waals surface area contributed by atoms with Crippen LogP contribution in [0.1, 0.15) is 49.1 Å². The highest BCUT2D eigenvalue weighted by molar-refractivity contribution is 5.99. The van der Waals surface area contributed by atoms with Crippen molar-refractivity contribution in [3.8, 4) is 16.8 Å². The minimum atomic E-state index is 0.320. The summed E-state index contributed by atoms with van der Waals surface area (Å²) in [5.74, 6) is 0.752. The highest BCUT2D eigenvalue weighted by Gasteiger charge is 2.29. The van der Waals surface area contributed by atoms with Crippen LogP contribution in [0.25, 0.3) is 50.6 Å². The van der Waals surface area contributed by atoms with E-state index in [2.05, 4.69) is 148 Å². The van der Waals surface area contributed by atoms with Crippen LogP contribution in [-0.4, -0.2) is 4.57 Å². The molecule has 1 heterocycles. The van der Waals surface area contributed by atoms with Gasteiger partial charge < -0.3 is 4.57 Å². The molecule has 0 bridgehead atoms. The Kier molecular flexibility index (Phi) is 5.93. The molecule has 1 aliphatic rings. The average Bonchev–Trinajstić information content (AvgIpc) is 3.25. The molecule has 182 valence electrons. The van der Waals surface area contributed by atoms with Gasteiger partial charge in [-0.05, 0) is 78.6 Å². The van der Waals surface area contributed by atoms with Crippen molar-refractivity contribution in [3.63, 3.8) is 0 Å². The normalized spacial score (nSPS) is 17.4. The van der Waals surface area contributed by atoms with Gasteiger partial charge in [0.25, 0.3) is 0 Å². The summed E-state index contributed by atoms with van der Waals surface area (Å²) < 4.78 is 2.53. The maximum atomic E-state index is 2.53. The predicted octanol–water partition coefficient (Wildman–Crippen LogP) is 10.1. The molecule has 0 N–H and O–H groups in total. The van der Waals surface area contributed by atoms with Gasteiger partial charge in [0.05, 0.1) is 11.2 Å². The van der Waals surface area contributed by atoms with Gasteiger partial charge in [-0.15, -0.1) is 0 Å². The Bertz CT molecular complexity index is 1720. The summed E-state index contributed by atoms with van der Waals surface area (Å²) in [6.07, 6.45) is 13.6. The summed E-state index contributed by atoms with van der Waals surface area (Å²) in [4.78, 5) is 0. The molecule has 37 heavy (non-hydrogen) atoms. The number of benzene rings is 4. The summed E-state index contributed by atoms with van der Waals surface area (Å²) in [5, 5.41) is 3.86. The van der Waals surface area contributed by atoms with Crippen LogP contribution in [0, 0.1) is 12.8 Å². The fourth-order valence-electron chi connectivity index (χ4n) is 5.95. The molecule has 5 aromatic rings. The van der Waals surface area contributed by atoms with Gasteiger partial charge in [0.15, 0.2) is 0 Å². The average molecular weight is 480 g/mol. The van der Waals surface area contributed by atoms with E-state index in [0.29, 0.717) is 11.8 Å². The molecule has 0 amide bonds. The van der Waals surface area contributed by atoms with Gasteiger partial charge in [0.1, 0.15) is 0 Å². The molecular formula is C36H33N. The zero-order chi connectivity index (χ0) is 25.5. The Balaban J connectivity index is 1.66. The molecule has 0 fully saturated rings. The molecule has 1 aromatic heterocycles. The van der Waals surface area contributed by atoms with Crippen LogP contribution >= 0.6 is 0 Å². The minimum absolute atomic E-state index is 0.320. The highest BCUT2D eigenvalue weighted by Crippen LogP contribution is 2.44. The van der Waals surface area contributed by atoms with Crippen molar-refractivity contribution in [1.29, 1.82) is 0 Å². The summed E-state index contributed by atoms with van der Waals surface area (Å²) in [6, 6.07) is 29.2. The lowest BCUT2D eigenvalue weighted by Gasteiger charge is -2.26. The summed E-state index contributed by atoms with van der Waals surface area (Å²) >= 11 is 0. The predicted molar refractivity (Wildman–Crippen MR) is 161 cm³/mol. The fourth-order valence-corrected chi connectivity index (χ4v) is 5.95. The Hall–Kier alpha value is -4.10. The SMILES string of the molecule is C/C=C\c1cc(-c2ccc3c(c2)c2c(n3-c3cccc4ccccc34)C(/C=C\C)C(C)C=C2)ccc1C. The van der Waals surface area contributed by atoms with E-state index < -0.39 is 0 Å². The lowest BCUT2D eigenvalue weighted by Crippen LogP contribution is -2.14. The summed E-state index contributed by atoms with van der Waals surface area (Å²) in [7, 11) is 0. The molecule has 4 aromatic carbocycles. The van der Waals surface area contributed by atoms with Crippen LogP contribution in [0.4, 0.5) is 0 Å². The van der Waals surface area contributed by atoms with Crippen molar-refractivity contribution in [1.82, 2.24) is 4.57 Å². The van der Waals surface area contributed by atoms with Crippen LogP contribution in [-0.2, 0) is 0 Å². The number of aromatic nitrogens is 1. The van der Waals surface area contributed by atoms with Crippen LogP contribution in [0.3, 0.4) is 0 Å². The molecule has 2 atom stereocenters. The topological polar surface area (TPSA) is 4.93 Å². The van der Waals surface area contributed by atoms with E-state index in [9.17, 15) is 0 Å². The first-order chi connectivity index (χ1) is 18.1. The molecule has 1 heteroatoms. The zero-order valence-corrected chi connectivity index (χ0v) is 22.1. The van der Waals surface area contributed by atoms with Crippen LogP contribution in [0.5, 0.6) is 0 Å². The maximum absolute atomic E-state index is 2.53. The number of aryl methyl sites for hydroxylation is 1.